The van der Waals surface area contributed by atoms with Crippen molar-refractivity contribution >= 4 is 25.2 Å². The summed E-state index contributed by atoms with van der Waals surface area (Å²) in [5.74, 6) is 0. The van der Waals surface area contributed by atoms with E-state index in [4.69, 9.17) is 41.8 Å². The van der Waals surface area contributed by atoms with Gasteiger partial charge in [-0.1, -0.05) is 0 Å². The van der Waals surface area contributed by atoms with Gasteiger partial charge in [-0.2, -0.15) is 0 Å². The van der Waals surface area contributed by atoms with E-state index < -0.39 is 25.2 Å². The topological polar surface area (TPSA) is 94.1 Å². The third-order valence-electron chi connectivity index (χ3n) is 4.06. The molecule has 0 spiro atoms. The third-order valence-corrected chi connectivity index (χ3v) is 13.7. The predicted molar refractivity (Wildman–Crippen MR) is 142 cm³/mol. The van der Waals surface area contributed by atoms with Crippen molar-refractivity contribution in [3.63, 3.8) is 0 Å². The molecule has 0 rings (SSSR count). The lowest BCUT2D eigenvalue weighted by atomic mass is 10.5. The molecule has 0 fully saturated rings. The second kappa shape index (κ2) is 20.4. The summed E-state index contributed by atoms with van der Waals surface area (Å²) in [5.41, 5.74) is 0. The first-order valence-electron chi connectivity index (χ1n) is 12.5. The highest BCUT2D eigenvalue weighted by molar-refractivity contribution is 6.87. The van der Waals surface area contributed by atoms with Crippen molar-refractivity contribution < 1.29 is 41.8 Å². The van der Waals surface area contributed by atoms with Gasteiger partial charge in [-0.25, -0.2) is 0 Å². The molecule has 0 aliphatic carbocycles. The molecule has 0 amide bonds. The fourth-order valence-corrected chi connectivity index (χ4v) is 15.7. The van der Waals surface area contributed by atoms with Crippen LogP contribution in [0.25, 0.3) is 0 Å². The number of aliphatic hydroxyl groups is 1. The Balaban J connectivity index is 3.53. The zero-order valence-corrected chi connectivity index (χ0v) is 25.8. The molecule has 0 aromatic carbocycles. The Labute approximate surface area is 211 Å². The van der Waals surface area contributed by atoms with Crippen LogP contribution in [0.1, 0.15) is 6.42 Å². The van der Waals surface area contributed by atoms with E-state index >= 15 is 0 Å². The van der Waals surface area contributed by atoms with Crippen LogP contribution in [-0.2, 0) is 36.7 Å². The highest BCUT2D eigenvalue weighted by Crippen LogP contribution is 2.25. The summed E-state index contributed by atoms with van der Waals surface area (Å²) in [6, 6.07) is 0.962. The standard InChI is InChI=1S/C22H52O9Si3/c1-32(2,3)30-34(7,31-33(4,5)6)22-8-10-24-12-14-26-16-18-28-20-21-29-19-17-27-15-13-25-11-9-23/h23H,8-22H2,1-7H3. The molecule has 0 aromatic heterocycles. The van der Waals surface area contributed by atoms with Gasteiger partial charge in [0.25, 0.3) is 0 Å². The van der Waals surface area contributed by atoms with Gasteiger partial charge in [0.1, 0.15) is 0 Å². The van der Waals surface area contributed by atoms with Crippen molar-refractivity contribution in [3.05, 3.63) is 0 Å². The number of ether oxygens (including phenoxy) is 6. The molecule has 12 heteroatoms. The van der Waals surface area contributed by atoms with Gasteiger partial charge in [0.2, 0.25) is 0 Å². The van der Waals surface area contributed by atoms with Crippen LogP contribution in [0.2, 0.25) is 51.9 Å². The van der Waals surface area contributed by atoms with Crippen LogP contribution < -0.4 is 0 Å². The van der Waals surface area contributed by atoms with Gasteiger partial charge in [0.05, 0.1) is 79.3 Å². The molecular weight excluding hydrogens is 492 g/mol. The summed E-state index contributed by atoms with van der Waals surface area (Å²) < 4.78 is 45.6. The molecule has 0 aromatic rings. The van der Waals surface area contributed by atoms with Crippen molar-refractivity contribution in [3.8, 4) is 0 Å². The van der Waals surface area contributed by atoms with Crippen molar-refractivity contribution in [1.29, 1.82) is 0 Å². The lowest BCUT2D eigenvalue weighted by Gasteiger charge is -2.38. The summed E-state index contributed by atoms with van der Waals surface area (Å²) in [7, 11) is -5.46. The maximum atomic E-state index is 8.57. The molecule has 0 atom stereocenters. The molecule has 206 valence electrons. The minimum atomic E-state index is -2.17. The summed E-state index contributed by atoms with van der Waals surface area (Å²) >= 11 is 0. The van der Waals surface area contributed by atoms with E-state index in [2.05, 4.69) is 45.8 Å². The van der Waals surface area contributed by atoms with Crippen LogP contribution in [0.3, 0.4) is 0 Å². The van der Waals surface area contributed by atoms with E-state index in [1.54, 1.807) is 0 Å². The molecule has 0 aliphatic heterocycles. The van der Waals surface area contributed by atoms with Gasteiger partial charge in [0, 0.05) is 6.61 Å². The van der Waals surface area contributed by atoms with Crippen molar-refractivity contribution in [2.24, 2.45) is 0 Å². The molecular formula is C22H52O9Si3. The van der Waals surface area contributed by atoms with E-state index in [-0.39, 0.29) is 6.61 Å². The maximum Gasteiger partial charge on any atom is 0.314 e. The highest BCUT2D eigenvalue weighted by atomic mass is 28.5. The molecule has 9 nitrogen and oxygen atoms in total. The quantitative estimate of drug-likeness (QED) is 0.137. The second-order valence-electron chi connectivity index (χ2n) is 10.1. The van der Waals surface area contributed by atoms with Crippen molar-refractivity contribution in [2.45, 2.75) is 58.3 Å². The fourth-order valence-electron chi connectivity index (χ4n) is 3.18. The minimum absolute atomic E-state index is 0.0347. The van der Waals surface area contributed by atoms with Crippen LogP contribution in [0.4, 0.5) is 0 Å². The first kappa shape index (κ1) is 34.3. The normalized spacial score (nSPS) is 13.1. The zero-order chi connectivity index (χ0) is 25.8. The van der Waals surface area contributed by atoms with Crippen molar-refractivity contribution in [2.75, 3.05) is 85.9 Å². The molecule has 0 aliphatic rings. The molecule has 1 N–H and O–H groups in total. The van der Waals surface area contributed by atoms with E-state index in [0.29, 0.717) is 79.3 Å². The Hall–Kier alpha value is 0.291. The van der Waals surface area contributed by atoms with Crippen molar-refractivity contribution in [1.82, 2.24) is 0 Å². The highest BCUT2D eigenvalue weighted by Gasteiger charge is 2.39. The van der Waals surface area contributed by atoms with Crippen LogP contribution in [0, 0.1) is 0 Å². The maximum absolute atomic E-state index is 8.57. The third kappa shape index (κ3) is 25.4. The summed E-state index contributed by atoms with van der Waals surface area (Å²) in [6.07, 6.45) is 0.948. The van der Waals surface area contributed by atoms with E-state index in [1.165, 1.54) is 0 Å². The average Bonchev–Trinajstić information content (AvgIpc) is 2.69. The molecule has 0 unspecified atom stereocenters. The predicted octanol–water partition coefficient (Wildman–Crippen LogP) is 3.24. The molecule has 0 saturated carbocycles. The van der Waals surface area contributed by atoms with Crippen LogP contribution in [0.5, 0.6) is 0 Å². The minimum Gasteiger partial charge on any atom is -0.437 e. The lowest BCUT2D eigenvalue weighted by molar-refractivity contribution is -0.0181. The number of hydrogen-bond donors (Lipinski definition) is 1. The van der Waals surface area contributed by atoms with E-state index in [9.17, 15) is 0 Å². The summed E-state index contributed by atoms with van der Waals surface area (Å²) in [6.45, 7) is 22.0. The van der Waals surface area contributed by atoms with Gasteiger partial charge in [-0.15, -0.1) is 0 Å². The summed E-state index contributed by atoms with van der Waals surface area (Å²) in [5, 5.41) is 8.57. The molecule has 0 bridgehead atoms. The average molecular weight is 545 g/mol. The number of rotatable bonds is 25. The molecule has 0 heterocycles. The number of aliphatic hydroxyl groups excluding tert-OH is 1. The SMILES string of the molecule is C[Si](C)(C)O[Si](C)(CCCOCCOCCOCCOCCOCCOCCO)O[Si](C)(C)C. The van der Waals surface area contributed by atoms with Gasteiger partial charge < -0.3 is 41.8 Å². The van der Waals surface area contributed by atoms with Crippen LogP contribution >= 0.6 is 0 Å². The van der Waals surface area contributed by atoms with Crippen LogP contribution in [0.15, 0.2) is 0 Å². The Kier molecular flexibility index (Phi) is 20.5. The Bertz CT molecular complexity index is 444. The van der Waals surface area contributed by atoms with Gasteiger partial charge in [-0.3, -0.25) is 0 Å². The monoisotopic (exact) mass is 544 g/mol. The Morgan fingerprint density at radius 3 is 1.03 bits per heavy atom. The molecule has 34 heavy (non-hydrogen) atoms. The van der Waals surface area contributed by atoms with E-state index in [0.717, 1.165) is 12.5 Å². The zero-order valence-electron chi connectivity index (χ0n) is 22.8. The Morgan fingerprint density at radius 2 is 0.735 bits per heavy atom. The van der Waals surface area contributed by atoms with Gasteiger partial charge >= 0.3 is 8.56 Å². The smallest absolute Gasteiger partial charge is 0.314 e. The first-order chi connectivity index (χ1) is 16.0. The molecule has 0 saturated heterocycles. The van der Waals surface area contributed by atoms with Gasteiger partial charge in [0.15, 0.2) is 16.6 Å². The van der Waals surface area contributed by atoms with Gasteiger partial charge in [-0.05, 0) is 58.3 Å². The first-order valence-corrected chi connectivity index (χ1v) is 21.8. The summed E-state index contributed by atoms with van der Waals surface area (Å²) in [4.78, 5) is 0. The lowest BCUT2D eigenvalue weighted by Crippen LogP contribution is -2.52. The van der Waals surface area contributed by atoms with Crippen LogP contribution in [-0.4, -0.2) is 116 Å². The molecule has 0 radical (unpaired) electrons. The number of hydrogen-bond acceptors (Lipinski definition) is 9. The largest absolute Gasteiger partial charge is 0.437 e. The fraction of sp³-hybridized carbons (Fsp3) is 1.00. The van der Waals surface area contributed by atoms with E-state index in [1.807, 2.05) is 0 Å². The Morgan fingerprint density at radius 1 is 0.441 bits per heavy atom. The second-order valence-corrected chi connectivity index (χ2v) is 22.9.